The van der Waals surface area contributed by atoms with Crippen LogP contribution in [0.2, 0.25) is 0 Å². The van der Waals surface area contributed by atoms with Crippen molar-refractivity contribution in [2.45, 2.75) is 10.8 Å². The van der Waals surface area contributed by atoms with Gasteiger partial charge in [-0.1, -0.05) is 267 Å². The van der Waals surface area contributed by atoms with E-state index in [2.05, 4.69) is 349 Å². The summed E-state index contributed by atoms with van der Waals surface area (Å²) in [5.74, 6) is 0. The van der Waals surface area contributed by atoms with Gasteiger partial charge >= 0.3 is 0 Å². The van der Waals surface area contributed by atoms with Crippen molar-refractivity contribution in [2.24, 2.45) is 0 Å². The van der Waals surface area contributed by atoms with Gasteiger partial charge in [0.25, 0.3) is 0 Å². The summed E-state index contributed by atoms with van der Waals surface area (Å²) >= 11 is 0. The van der Waals surface area contributed by atoms with Gasteiger partial charge in [0.2, 0.25) is 0 Å². The zero-order chi connectivity index (χ0) is 62.5. The summed E-state index contributed by atoms with van der Waals surface area (Å²) in [6, 6.07) is 129. The fourth-order valence-electron chi connectivity index (χ4n) is 18.6. The van der Waals surface area contributed by atoms with Crippen molar-refractivity contribution in [3.63, 3.8) is 0 Å². The van der Waals surface area contributed by atoms with Gasteiger partial charge in [-0.15, -0.1) is 0 Å². The Morgan fingerprint density at radius 3 is 0.792 bits per heavy atom. The number of benzene rings is 16. The molecule has 0 fully saturated rings. The van der Waals surface area contributed by atoms with Gasteiger partial charge in [-0.05, 0) is 206 Å². The van der Waals surface area contributed by atoms with E-state index in [0.717, 1.165) is 0 Å². The number of hydrogen-bond donors (Lipinski definition) is 0. The molecule has 0 unspecified atom stereocenters. The fourth-order valence-corrected chi connectivity index (χ4v) is 18.6. The highest BCUT2D eigenvalue weighted by molar-refractivity contribution is 6.14. The zero-order valence-corrected chi connectivity index (χ0v) is 52.2. The van der Waals surface area contributed by atoms with Gasteiger partial charge in [0, 0.05) is 32.3 Å². The van der Waals surface area contributed by atoms with E-state index in [4.69, 9.17) is 0 Å². The van der Waals surface area contributed by atoms with Gasteiger partial charge in [-0.2, -0.15) is 0 Å². The summed E-state index contributed by atoms with van der Waals surface area (Å²) in [6.45, 7) is 0. The second-order valence-electron chi connectivity index (χ2n) is 26.9. The Morgan fingerprint density at radius 1 is 0.167 bits per heavy atom. The molecule has 18 aromatic rings. The maximum Gasteiger partial charge on any atom is 0.0725 e. The van der Waals surface area contributed by atoms with E-state index < -0.39 is 10.8 Å². The number of rotatable bonds is 5. The molecular weight excluding hydrogens is 1160 g/mol. The van der Waals surface area contributed by atoms with E-state index in [0.29, 0.717) is 0 Å². The quantitative estimate of drug-likeness (QED) is 0.163. The van der Waals surface area contributed by atoms with E-state index in [1.54, 1.807) is 0 Å². The van der Waals surface area contributed by atoms with Crippen LogP contribution in [0.1, 0.15) is 44.5 Å². The molecule has 442 valence electrons. The highest BCUT2D eigenvalue weighted by atomic mass is 15.0. The first-order valence-corrected chi connectivity index (χ1v) is 33.6. The predicted octanol–water partition coefficient (Wildman–Crippen LogP) is 23.9. The van der Waals surface area contributed by atoms with Crippen molar-refractivity contribution in [1.29, 1.82) is 0 Å². The molecule has 0 saturated heterocycles. The molecule has 0 aliphatic heterocycles. The first-order chi connectivity index (χ1) is 47.6. The lowest BCUT2D eigenvalue weighted by Gasteiger charge is -2.31. The molecule has 0 atom stereocenters. The number of nitrogens with zero attached hydrogens (tertiary/aromatic N) is 2. The van der Waals surface area contributed by atoms with Crippen LogP contribution < -0.4 is 0 Å². The maximum absolute atomic E-state index is 2.57. The minimum Gasteiger partial charge on any atom is -0.309 e. The third-order valence-electron chi connectivity index (χ3n) is 22.5. The van der Waals surface area contributed by atoms with Crippen molar-refractivity contribution < 1.29 is 0 Å². The highest BCUT2D eigenvalue weighted by Gasteiger charge is 2.54. The first-order valence-electron chi connectivity index (χ1n) is 33.6. The van der Waals surface area contributed by atoms with Crippen molar-refractivity contribution in [1.82, 2.24) is 9.13 Å². The Balaban J connectivity index is 0.711. The molecular formula is C94H56N2. The summed E-state index contributed by atoms with van der Waals surface area (Å²) in [4.78, 5) is 0. The standard InChI is InChI=1S/C94H56N2/c1-3-23-65-57(19-1)21-17-37-87(65)95-89-35-15-9-29-75(89)77-51-59(43-49-91(77)95)61-39-45-71-73-47-41-63(55-85(73)93(83(71)53-61)79-31-11-5-25-67(79)68-26-6-12-32-80(68)93)64-42-48-74-72-46-40-62(54-84(72)94(86(74)56-64)81-33-13-7-27-69(81)70-28-8-14-34-82(70)94)60-44-50-92-78(52-60)76-30-10-16-36-90(76)96(92)88-38-18-22-58-20-2-4-24-66(58)88/h1-56H. The van der Waals surface area contributed by atoms with Crippen LogP contribution in [0.5, 0.6) is 0 Å². The van der Waals surface area contributed by atoms with Crippen molar-refractivity contribution in [3.8, 4) is 89.3 Å². The van der Waals surface area contributed by atoms with Gasteiger partial charge in [-0.3, -0.25) is 0 Å². The molecule has 4 aliphatic rings. The average molecular weight is 1210 g/mol. The fraction of sp³-hybridized carbons (Fsp3) is 0.0213. The number of para-hydroxylation sites is 2. The summed E-state index contributed by atoms with van der Waals surface area (Å²) in [5, 5.41) is 9.94. The molecule has 0 N–H and O–H groups in total. The number of hydrogen-bond acceptors (Lipinski definition) is 0. The lowest BCUT2D eigenvalue weighted by atomic mass is 9.69. The number of fused-ring (bicyclic) bond motifs is 28. The van der Waals surface area contributed by atoms with Crippen LogP contribution in [-0.4, -0.2) is 9.13 Å². The van der Waals surface area contributed by atoms with Crippen molar-refractivity contribution in [3.05, 3.63) is 384 Å². The zero-order valence-electron chi connectivity index (χ0n) is 52.2. The first kappa shape index (κ1) is 52.2. The summed E-state index contributed by atoms with van der Waals surface area (Å²) in [6.07, 6.45) is 0. The molecule has 2 spiro atoms. The highest BCUT2D eigenvalue weighted by Crippen LogP contribution is 2.66. The third kappa shape index (κ3) is 6.69. The summed E-state index contributed by atoms with van der Waals surface area (Å²) in [5.41, 5.74) is 34.3. The molecule has 0 saturated carbocycles. The molecule has 16 aromatic carbocycles. The molecule has 0 bridgehead atoms. The largest absolute Gasteiger partial charge is 0.309 e. The van der Waals surface area contributed by atoms with E-state index in [-0.39, 0.29) is 0 Å². The van der Waals surface area contributed by atoms with Crippen molar-refractivity contribution in [2.75, 3.05) is 0 Å². The SMILES string of the molecule is c1ccc2c(c1)-c1ccccc1C21c2cc(-c3ccc4c(c3)C3(c5ccccc5-c5ccccc53)c3cc(-c5ccc6c(c5)c5ccccc5n6-c5cccc6ccccc56)ccc3-4)ccc2-c2ccc(-c3ccc4c(c3)c3ccccc3n4-c3cccc4ccccc34)cc21. The van der Waals surface area contributed by atoms with Crippen LogP contribution in [-0.2, 0) is 10.8 Å². The second kappa shape index (κ2) is 19.1. The van der Waals surface area contributed by atoms with E-state index in [1.807, 2.05) is 0 Å². The predicted molar refractivity (Wildman–Crippen MR) is 399 cm³/mol. The Hall–Kier alpha value is -12.4. The minimum atomic E-state index is -0.569. The van der Waals surface area contributed by atoms with Gasteiger partial charge in [0.15, 0.2) is 0 Å². The lowest BCUT2D eigenvalue weighted by Crippen LogP contribution is -2.26. The molecule has 22 rings (SSSR count). The van der Waals surface area contributed by atoms with Gasteiger partial charge in [-0.25, -0.2) is 0 Å². The Labute approximate surface area is 555 Å². The second-order valence-corrected chi connectivity index (χ2v) is 26.9. The van der Waals surface area contributed by atoms with Crippen LogP contribution in [0.3, 0.4) is 0 Å². The molecule has 4 aliphatic carbocycles. The van der Waals surface area contributed by atoms with Crippen molar-refractivity contribution >= 4 is 65.2 Å². The molecule has 0 amide bonds. The van der Waals surface area contributed by atoms with Crippen LogP contribution in [0.15, 0.2) is 340 Å². The molecule has 2 heterocycles. The monoisotopic (exact) mass is 1210 g/mol. The molecule has 2 heteroatoms. The summed E-state index contributed by atoms with van der Waals surface area (Å²) in [7, 11) is 0. The Bertz CT molecular complexity index is 5990. The third-order valence-corrected chi connectivity index (χ3v) is 22.5. The minimum absolute atomic E-state index is 0.569. The Kier molecular flexibility index (Phi) is 10.4. The molecule has 0 radical (unpaired) electrons. The molecule has 2 aromatic heterocycles. The average Bonchev–Trinajstić information content (AvgIpc) is 1.86. The number of aromatic nitrogens is 2. The molecule has 2 nitrogen and oxygen atoms in total. The van der Waals surface area contributed by atoms with Crippen LogP contribution in [0.25, 0.3) is 154 Å². The molecule has 96 heavy (non-hydrogen) atoms. The van der Waals surface area contributed by atoms with E-state index >= 15 is 0 Å². The maximum atomic E-state index is 2.57. The van der Waals surface area contributed by atoms with Gasteiger partial charge in [0.1, 0.15) is 0 Å². The van der Waals surface area contributed by atoms with Gasteiger partial charge < -0.3 is 9.13 Å². The van der Waals surface area contributed by atoms with Crippen LogP contribution in [0.4, 0.5) is 0 Å². The van der Waals surface area contributed by atoms with Crippen LogP contribution >= 0.6 is 0 Å². The topological polar surface area (TPSA) is 9.86 Å². The summed E-state index contributed by atoms with van der Waals surface area (Å²) < 4.78 is 4.93. The van der Waals surface area contributed by atoms with Gasteiger partial charge in [0.05, 0.1) is 44.3 Å². The Morgan fingerprint density at radius 2 is 0.427 bits per heavy atom. The van der Waals surface area contributed by atoms with Crippen LogP contribution in [0, 0.1) is 0 Å². The lowest BCUT2D eigenvalue weighted by molar-refractivity contribution is 0.793. The van der Waals surface area contributed by atoms with E-state index in [9.17, 15) is 0 Å². The van der Waals surface area contributed by atoms with E-state index in [1.165, 1.54) is 199 Å². The normalized spacial score (nSPS) is 13.8. The smallest absolute Gasteiger partial charge is 0.0725 e.